The monoisotopic (exact) mass is 460 g/mol. The number of hydrogen-bond acceptors (Lipinski definition) is 4. The van der Waals surface area contributed by atoms with Gasteiger partial charge in [-0.3, -0.25) is 9.69 Å². The first-order valence-electron chi connectivity index (χ1n) is 12.9. The van der Waals surface area contributed by atoms with Crippen LogP contribution in [0.3, 0.4) is 0 Å². The third kappa shape index (κ3) is 8.60. The molecule has 1 aromatic carbocycles. The number of unbranched alkanes of at least 4 members (excludes halogenated alkanes) is 1. The number of carbonyl (C=O) groups excluding carboxylic acids is 1. The Bertz CT molecular complexity index is 718. The molecule has 2 N–H and O–H groups in total. The molecule has 1 fully saturated rings. The maximum atomic E-state index is 12.5. The predicted molar refractivity (Wildman–Crippen MR) is 137 cm³/mol. The summed E-state index contributed by atoms with van der Waals surface area (Å²) in [4.78, 5) is 15.0. The number of piperidine rings is 1. The quantitative estimate of drug-likeness (QED) is 0.451. The van der Waals surface area contributed by atoms with E-state index in [-0.39, 0.29) is 22.7 Å². The molecule has 0 atom stereocenters. The van der Waals surface area contributed by atoms with Crippen LogP contribution in [0.15, 0.2) is 12.1 Å². The summed E-state index contributed by atoms with van der Waals surface area (Å²) < 4.78 is 5.56. The van der Waals surface area contributed by atoms with Crippen LogP contribution in [-0.4, -0.2) is 48.8 Å². The van der Waals surface area contributed by atoms with E-state index in [0.717, 1.165) is 76.1 Å². The van der Waals surface area contributed by atoms with Gasteiger partial charge in [0, 0.05) is 32.2 Å². The number of likely N-dealkylation sites (tertiary alicyclic amines) is 1. The van der Waals surface area contributed by atoms with Crippen molar-refractivity contribution in [1.29, 1.82) is 0 Å². The highest BCUT2D eigenvalue weighted by molar-refractivity contribution is 5.78. The second kappa shape index (κ2) is 12.2. The van der Waals surface area contributed by atoms with Crippen molar-refractivity contribution < 1.29 is 14.6 Å². The van der Waals surface area contributed by atoms with Gasteiger partial charge < -0.3 is 15.2 Å². The van der Waals surface area contributed by atoms with Crippen molar-refractivity contribution in [3.05, 3.63) is 28.8 Å². The van der Waals surface area contributed by atoms with Crippen LogP contribution in [-0.2, 0) is 26.9 Å². The maximum Gasteiger partial charge on any atom is 0.223 e. The Kier molecular flexibility index (Phi) is 10.2. The van der Waals surface area contributed by atoms with Gasteiger partial charge in [0.25, 0.3) is 0 Å². The van der Waals surface area contributed by atoms with Crippen LogP contribution in [0, 0.1) is 5.92 Å². The number of aromatic hydroxyl groups is 1. The first-order valence-corrected chi connectivity index (χ1v) is 12.9. The zero-order valence-electron chi connectivity index (χ0n) is 22.2. The molecule has 1 saturated heterocycles. The number of carbonyl (C=O) groups is 1. The molecule has 0 bridgehead atoms. The number of amides is 1. The standard InChI is InChI=1S/C28H48N2O3/c1-8-9-16-33-17-10-13-29-26(32)22-11-14-30(15-12-22)20-21-18-23(27(2,3)4)25(31)24(19-21)28(5,6)7/h18-19,22,31H,8-17,20H2,1-7H3,(H,29,32). The molecule has 0 spiro atoms. The Morgan fingerprint density at radius 2 is 1.58 bits per heavy atom. The summed E-state index contributed by atoms with van der Waals surface area (Å²) in [5, 5.41) is 14.1. The molecule has 5 nitrogen and oxygen atoms in total. The summed E-state index contributed by atoms with van der Waals surface area (Å²) in [6.07, 6.45) is 4.92. The fourth-order valence-electron chi connectivity index (χ4n) is 4.42. The van der Waals surface area contributed by atoms with E-state index in [0.29, 0.717) is 12.3 Å². The second-order valence-electron chi connectivity index (χ2n) is 11.7. The third-order valence-electron chi connectivity index (χ3n) is 6.56. The highest BCUT2D eigenvalue weighted by Gasteiger charge is 2.28. The van der Waals surface area contributed by atoms with Gasteiger partial charge in [0.15, 0.2) is 0 Å². The highest BCUT2D eigenvalue weighted by Crippen LogP contribution is 2.40. The Labute approximate surface area is 202 Å². The SMILES string of the molecule is CCCCOCCCNC(=O)C1CCN(Cc2cc(C(C)(C)C)c(O)c(C(C)(C)C)c2)CC1. The summed E-state index contributed by atoms with van der Waals surface area (Å²) in [5.74, 6) is 0.736. The van der Waals surface area contributed by atoms with Crippen molar-refractivity contribution in [2.45, 2.75) is 97.9 Å². The largest absolute Gasteiger partial charge is 0.507 e. The van der Waals surface area contributed by atoms with Crippen molar-refractivity contribution in [3.8, 4) is 5.75 Å². The number of hydrogen-bond donors (Lipinski definition) is 2. The van der Waals surface area contributed by atoms with Gasteiger partial charge >= 0.3 is 0 Å². The van der Waals surface area contributed by atoms with Crippen molar-refractivity contribution in [2.24, 2.45) is 5.92 Å². The van der Waals surface area contributed by atoms with Crippen molar-refractivity contribution in [2.75, 3.05) is 32.8 Å². The minimum atomic E-state index is -0.119. The summed E-state index contributed by atoms with van der Waals surface area (Å²) in [6.45, 7) is 20.0. The maximum absolute atomic E-state index is 12.5. The van der Waals surface area contributed by atoms with E-state index in [4.69, 9.17) is 4.74 Å². The van der Waals surface area contributed by atoms with Gasteiger partial charge in [0.2, 0.25) is 5.91 Å². The summed E-state index contributed by atoms with van der Waals surface area (Å²) >= 11 is 0. The highest BCUT2D eigenvalue weighted by atomic mass is 16.5. The lowest BCUT2D eigenvalue weighted by molar-refractivity contribution is -0.126. The molecule has 0 saturated carbocycles. The molecule has 1 aliphatic rings. The van der Waals surface area contributed by atoms with Crippen molar-refractivity contribution in [1.82, 2.24) is 10.2 Å². The molecular formula is C28H48N2O3. The molecular weight excluding hydrogens is 412 g/mol. The fraction of sp³-hybridized carbons (Fsp3) is 0.750. The number of phenols is 1. The van der Waals surface area contributed by atoms with Gasteiger partial charge in [-0.25, -0.2) is 0 Å². The number of rotatable bonds is 10. The number of nitrogens with one attached hydrogen (secondary N) is 1. The van der Waals surface area contributed by atoms with Crippen LogP contribution in [0.2, 0.25) is 0 Å². The van der Waals surface area contributed by atoms with Crippen LogP contribution >= 0.6 is 0 Å². The average molecular weight is 461 g/mol. The molecule has 5 heteroatoms. The van der Waals surface area contributed by atoms with E-state index < -0.39 is 0 Å². The van der Waals surface area contributed by atoms with Gasteiger partial charge in [-0.15, -0.1) is 0 Å². The smallest absolute Gasteiger partial charge is 0.223 e. The minimum Gasteiger partial charge on any atom is -0.507 e. The molecule has 188 valence electrons. The third-order valence-corrected chi connectivity index (χ3v) is 6.56. The zero-order valence-corrected chi connectivity index (χ0v) is 22.2. The minimum absolute atomic E-state index is 0.109. The zero-order chi connectivity index (χ0) is 24.6. The lowest BCUT2D eigenvalue weighted by Crippen LogP contribution is -2.40. The number of benzene rings is 1. The van der Waals surface area contributed by atoms with Crippen LogP contribution < -0.4 is 5.32 Å². The molecule has 0 aliphatic carbocycles. The molecule has 2 rings (SSSR count). The van der Waals surface area contributed by atoms with Crippen LogP contribution in [0.25, 0.3) is 0 Å². The Hall–Kier alpha value is -1.59. The lowest BCUT2D eigenvalue weighted by atomic mass is 9.78. The molecule has 0 unspecified atom stereocenters. The van der Waals surface area contributed by atoms with E-state index in [1.165, 1.54) is 5.56 Å². The van der Waals surface area contributed by atoms with Crippen molar-refractivity contribution >= 4 is 5.91 Å². The van der Waals surface area contributed by atoms with Crippen molar-refractivity contribution in [3.63, 3.8) is 0 Å². The van der Waals surface area contributed by atoms with Crippen LogP contribution in [0.1, 0.15) is 97.3 Å². The Balaban J connectivity index is 1.89. The van der Waals surface area contributed by atoms with E-state index in [9.17, 15) is 9.90 Å². The number of ether oxygens (including phenoxy) is 1. The molecule has 1 heterocycles. The van der Waals surface area contributed by atoms with Gasteiger partial charge in [0.05, 0.1) is 0 Å². The second-order valence-corrected chi connectivity index (χ2v) is 11.7. The van der Waals surface area contributed by atoms with Gasteiger partial charge in [-0.05, 0) is 66.3 Å². The van der Waals surface area contributed by atoms with Gasteiger partial charge in [-0.2, -0.15) is 0 Å². The van der Waals surface area contributed by atoms with E-state index in [1.54, 1.807) is 0 Å². The van der Waals surface area contributed by atoms with E-state index >= 15 is 0 Å². The molecule has 0 aromatic heterocycles. The normalized spacial score (nSPS) is 16.2. The molecule has 1 amide bonds. The van der Waals surface area contributed by atoms with Crippen LogP contribution in [0.4, 0.5) is 0 Å². The summed E-state index contributed by atoms with van der Waals surface area (Å²) in [6, 6.07) is 4.35. The fourth-order valence-corrected chi connectivity index (χ4v) is 4.42. The summed E-state index contributed by atoms with van der Waals surface area (Å²) in [5.41, 5.74) is 3.03. The average Bonchev–Trinajstić information content (AvgIpc) is 2.73. The topological polar surface area (TPSA) is 61.8 Å². The molecule has 1 aromatic rings. The molecule has 33 heavy (non-hydrogen) atoms. The molecule has 1 aliphatic heterocycles. The van der Waals surface area contributed by atoms with E-state index in [2.05, 4.69) is 70.8 Å². The van der Waals surface area contributed by atoms with E-state index in [1.807, 2.05) is 0 Å². The number of nitrogens with zero attached hydrogens (tertiary/aromatic N) is 1. The number of phenolic OH excluding ortho intramolecular Hbond substituents is 1. The first-order chi connectivity index (χ1) is 15.4. The van der Waals surface area contributed by atoms with Gasteiger partial charge in [-0.1, -0.05) is 67.0 Å². The van der Waals surface area contributed by atoms with Gasteiger partial charge in [0.1, 0.15) is 5.75 Å². The first kappa shape index (κ1) is 27.7. The summed E-state index contributed by atoms with van der Waals surface area (Å²) in [7, 11) is 0. The predicted octanol–water partition coefficient (Wildman–Crippen LogP) is 5.52. The Morgan fingerprint density at radius 3 is 2.09 bits per heavy atom. The Morgan fingerprint density at radius 1 is 1.03 bits per heavy atom. The molecule has 0 radical (unpaired) electrons. The lowest BCUT2D eigenvalue weighted by Gasteiger charge is -2.33. The van der Waals surface area contributed by atoms with Crippen LogP contribution in [0.5, 0.6) is 5.75 Å².